The number of carbonyl (C=O) groups excluding carboxylic acids is 1. The van der Waals surface area contributed by atoms with Gasteiger partial charge in [-0.3, -0.25) is 9.36 Å². The molecule has 33 heavy (non-hydrogen) atoms. The summed E-state index contributed by atoms with van der Waals surface area (Å²) in [6.45, 7) is 1.69. The lowest BCUT2D eigenvalue weighted by atomic mass is 9.97. The Hall–Kier alpha value is -3.79. The van der Waals surface area contributed by atoms with Crippen molar-refractivity contribution in [2.45, 2.75) is 31.0 Å². The van der Waals surface area contributed by atoms with Crippen molar-refractivity contribution in [2.75, 3.05) is 16.9 Å². The van der Waals surface area contributed by atoms with E-state index in [1.807, 2.05) is 24.3 Å². The first-order valence-electron chi connectivity index (χ1n) is 10.3. The van der Waals surface area contributed by atoms with Gasteiger partial charge in [-0.15, -0.1) is 22.8 Å². The number of carboxylic acid groups (broad SMARTS) is 1. The Labute approximate surface area is 196 Å². The zero-order valence-corrected chi connectivity index (χ0v) is 18.8. The fraction of sp³-hybridized carbons (Fsp3) is 0.217. The summed E-state index contributed by atoms with van der Waals surface area (Å²) < 4.78 is 7.60. The lowest BCUT2D eigenvalue weighted by Crippen LogP contribution is -2.41. The molecule has 0 saturated carbocycles. The van der Waals surface area contributed by atoms with Crippen LogP contribution in [0.2, 0.25) is 0 Å². The Morgan fingerprint density at radius 2 is 2.00 bits per heavy atom. The average Bonchev–Trinajstić information content (AvgIpc) is 3.25. The summed E-state index contributed by atoms with van der Waals surface area (Å²) in [6, 6.07) is 14.0. The number of ketones is 1. The van der Waals surface area contributed by atoms with Gasteiger partial charge >= 0.3 is 5.97 Å². The van der Waals surface area contributed by atoms with Crippen molar-refractivity contribution in [3.8, 4) is 11.4 Å². The van der Waals surface area contributed by atoms with Crippen LogP contribution in [0.25, 0.3) is 5.69 Å². The molecule has 10 heteroatoms. The number of nitrogens with zero attached hydrogens (tertiary/aromatic N) is 4. The van der Waals surface area contributed by atoms with Crippen LogP contribution in [-0.2, 0) is 9.59 Å². The second kappa shape index (κ2) is 9.78. The highest BCUT2D eigenvalue weighted by molar-refractivity contribution is 7.80. The summed E-state index contributed by atoms with van der Waals surface area (Å²) in [7, 11) is 0. The van der Waals surface area contributed by atoms with Gasteiger partial charge in [-0.2, -0.15) is 0 Å². The van der Waals surface area contributed by atoms with Gasteiger partial charge in [0.1, 0.15) is 18.1 Å². The van der Waals surface area contributed by atoms with Gasteiger partial charge in [-0.25, -0.2) is 4.79 Å². The van der Waals surface area contributed by atoms with Gasteiger partial charge < -0.3 is 20.1 Å². The third-order valence-corrected chi connectivity index (χ3v) is 5.64. The third-order valence-electron chi connectivity index (χ3n) is 5.34. The molecule has 2 aromatic carbocycles. The second-order valence-corrected chi connectivity index (χ2v) is 7.92. The van der Waals surface area contributed by atoms with Gasteiger partial charge in [0.05, 0.1) is 5.69 Å². The number of rotatable bonds is 8. The van der Waals surface area contributed by atoms with Gasteiger partial charge in [0.25, 0.3) is 0 Å². The number of aromatic nitrogens is 3. The number of hydrogen-bond acceptors (Lipinski definition) is 8. The number of allylic oxidation sites excluding steroid dienone is 1. The van der Waals surface area contributed by atoms with Gasteiger partial charge in [0, 0.05) is 29.2 Å². The number of benzene rings is 2. The largest absolute Gasteiger partial charge is 0.480 e. The van der Waals surface area contributed by atoms with E-state index in [1.54, 1.807) is 46.3 Å². The Morgan fingerprint density at radius 3 is 2.73 bits per heavy atom. The third kappa shape index (κ3) is 5.17. The van der Waals surface area contributed by atoms with E-state index < -0.39 is 12.0 Å². The molecule has 0 aliphatic carbocycles. The molecule has 4 rings (SSSR count). The number of carbonyl (C=O) groups is 2. The molecule has 0 spiro atoms. The summed E-state index contributed by atoms with van der Waals surface area (Å²) >= 11 is 4.28. The molecule has 0 fully saturated rings. The predicted octanol–water partition coefficient (Wildman–Crippen LogP) is 3.53. The zero-order chi connectivity index (χ0) is 23.4. The molecular formula is C23H23N5O4S. The lowest BCUT2D eigenvalue weighted by Gasteiger charge is -2.32. The monoisotopic (exact) mass is 465 g/mol. The minimum atomic E-state index is -0.931. The summed E-state index contributed by atoms with van der Waals surface area (Å²) in [4.78, 5) is 25.2. The van der Waals surface area contributed by atoms with E-state index in [4.69, 9.17) is 4.74 Å². The minimum Gasteiger partial charge on any atom is -0.480 e. The molecule has 2 N–H and O–H groups in total. The Kier molecular flexibility index (Phi) is 6.64. The number of anilines is 2. The summed E-state index contributed by atoms with van der Waals surface area (Å²) in [5.41, 5.74) is 2.95. The van der Waals surface area contributed by atoms with E-state index in [1.165, 1.54) is 6.92 Å². The molecule has 0 radical (unpaired) electrons. The molecule has 0 amide bonds. The van der Waals surface area contributed by atoms with Crippen molar-refractivity contribution in [1.29, 1.82) is 0 Å². The van der Waals surface area contributed by atoms with Crippen molar-refractivity contribution in [3.05, 3.63) is 66.6 Å². The van der Waals surface area contributed by atoms with Crippen molar-refractivity contribution in [3.63, 3.8) is 0 Å². The molecule has 9 nitrogen and oxygen atoms in total. The van der Waals surface area contributed by atoms with Gasteiger partial charge in [-0.05, 0) is 50.1 Å². The van der Waals surface area contributed by atoms with Gasteiger partial charge in [0.2, 0.25) is 0 Å². The van der Waals surface area contributed by atoms with Crippen LogP contribution in [0.5, 0.6) is 5.75 Å². The number of carboxylic acids is 1. The smallest absolute Gasteiger partial charge is 0.326 e. The van der Waals surface area contributed by atoms with E-state index in [-0.39, 0.29) is 12.5 Å². The van der Waals surface area contributed by atoms with Crippen molar-refractivity contribution >= 4 is 35.8 Å². The normalized spacial score (nSPS) is 15.6. The maximum Gasteiger partial charge on any atom is 0.326 e. The van der Waals surface area contributed by atoms with E-state index in [2.05, 4.69) is 28.1 Å². The van der Waals surface area contributed by atoms with Crippen LogP contribution in [0, 0.1) is 0 Å². The number of Topliss-reactive ketones (excluding diaryl/α,β-unsaturated/α-hetero) is 1. The maximum atomic E-state index is 11.8. The quantitative estimate of drug-likeness (QED) is 0.342. The highest BCUT2D eigenvalue weighted by atomic mass is 32.1. The van der Waals surface area contributed by atoms with Crippen LogP contribution in [0.15, 0.2) is 71.8 Å². The first kappa shape index (κ1) is 22.4. The summed E-state index contributed by atoms with van der Waals surface area (Å²) in [5, 5.41) is 21.0. The molecule has 1 atom stereocenters. The van der Waals surface area contributed by atoms with Crippen LogP contribution in [0.3, 0.4) is 0 Å². The lowest BCUT2D eigenvalue weighted by molar-refractivity contribution is -0.138. The highest BCUT2D eigenvalue weighted by Crippen LogP contribution is 2.30. The summed E-state index contributed by atoms with van der Waals surface area (Å²) in [5.74, 6) is -0.418. The molecule has 1 aromatic heterocycles. The molecule has 3 aromatic rings. The van der Waals surface area contributed by atoms with E-state index in [0.29, 0.717) is 35.0 Å². The molecule has 0 bridgehead atoms. The molecule has 2 heterocycles. The average molecular weight is 466 g/mol. The number of thiol groups is 1. The maximum absolute atomic E-state index is 11.8. The Bertz CT molecular complexity index is 1210. The van der Waals surface area contributed by atoms with E-state index in [9.17, 15) is 14.7 Å². The topological polar surface area (TPSA) is 110 Å². The van der Waals surface area contributed by atoms with Crippen molar-refractivity contribution in [1.82, 2.24) is 14.8 Å². The first-order valence-corrected chi connectivity index (χ1v) is 10.8. The fourth-order valence-electron chi connectivity index (χ4n) is 3.63. The molecular weight excluding hydrogens is 442 g/mol. The van der Waals surface area contributed by atoms with E-state index in [0.717, 1.165) is 11.4 Å². The van der Waals surface area contributed by atoms with Crippen molar-refractivity contribution in [2.24, 2.45) is 0 Å². The van der Waals surface area contributed by atoms with Crippen LogP contribution >= 0.6 is 12.6 Å². The second-order valence-electron chi connectivity index (χ2n) is 7.52. The fourth-order valence-corrected chi connectivity index (χ4v) is 3.85. The van der Waals surface area contributed by atoms with Crippen LogP contribution < -0.4 is 15.0 Å². The molecule has 1 unspecified atom stereocenters. The van der Waals surface area contributed by atoms with E-state index >= 15 is 0 Å². The molecule has 1 aliphatic heterocycles. The van der Waals surface area contributed by atoms with Crippen LogP contribution in [0.1, 0.15) is 19.8 Å². The number of ether oxygens (including phenoxy) is 1. The standard InChI is InChI=1S/C23H23N5O4S/c1-15(29)16-8-9-21(22(30)31)27(12-16)19-6-3-7-20(11-19)32-14-24-17-4-2-5-18(10-17)28-13-25-26-23(28)33/h2-7,10-13,21,24H,8-9,14H2,1H3,(H,26,33)(H,30,31). The number of hydrogen-bond donors (Lipinski definition) is 3. The van der Waals surface area contributed by atoms with Crippen LogP contribution in [0.4, 0.5) is 11.4 Å². The van der Waals surface area contributed by atoms with Gasteiger partial charge in [0.15, 0.2) is 17.7 Å². The molecule has 0 saturated heterocycles. The van der Waals surface area contributed by atoms with Crippen molar-refractivity contribution < 1.29 is 19.4 Å². The SMILES string of the molecule is CC(=O)C1=CN(c2cccc(OCNc3cccc(-n4cnnc4S)c3)c2)C(C(=O)O)CC1. The highest BCUT2D eigenvalue weighted by Gasteiger charge is 2.30. The number of aliphatic carboxylic acids is 1. The minimum absolute atomic E-state index is 0.0563. The Balaban J connectivity index is 1.45. The molecule has 170 valence electrons. The number of nitrogens with one attached hydrogen (secondary N) is 1. The zero-order valence-electron chi connectivity index (χ0n) is 17.9. The molecule has 1 aliphatic rings. The first-order chi connectivity index (χ1) is 15.9. The van der Waals surface area contributed by atoms with Crippen LogP contribution in [-0.4, -0.2) is 44.4 Å². The Morgan fingerprint density at radius 1 is 1.21 bits per heavy atom. The van der Waals surface area contributed by atoms with Gasteiger partial charge in [-0.1, -0.05) is 12.1 Å². The summed E-state index contributed by atoms with van der Waals surface area (Å²) in [6.07, 6.45) is 4.03. The predicted molar refractivity (Wildman–Crippen MR) is 126 cm³/mol.